The van der Waals surface area contributed by atoms with Crippen LogP contribution in [-0.4, -0.2) is 20.7 Å². The molecule has 6 heteroatoms. The molecule has 1 N–H and O–H groups in total. The zero-order valence-corrected chi connectivity index (χ0v) is 14.9. The Morgan fingerprint density at radius 3 is 2.67 bits per heavy atom. The first kappa shape index (κ1) is 17.0. The lowest BCUT2D eigenvalue weighted by Crippen LogP contribution is -2.14. The number of nitrogens with one attached hydrogen (secondary N) is 1. The molecule has 5 nitrogen and oxygen atoms in total. The van der Waals surface area contributed by atoms with Crippen molar-refractivity contribution in [2.75, 3.05) is 5.32 Å². The van der Waals surface area contributed by atoms with Gasteiger partial charge in [-0.05, 0) is 48.4 Å². The Kier molecular flexibility index (Phi) is 5.91. The number of anilines is 1. The highest BCUT2D eigenvalue weighted by atomic mass is 32.2. The van der Waals surface area contributed by atoms with E-state index in [2.05, 4.69) is 15.5 Å². The number of carbonyl (C=O) groups excluding carboxylic acids is 1. The molecule has 1 aliphatic carbocycles. The summed E-state index contributed by atoms with van der Waals surface area (Å²) in [6.07, 6.45) is 9.94. The molecule has 0 saturated heterocycles. The SMILES string of the molecule is Cn1cnnc1Sc1ccc(NC(=O)CCC2CCCCC2)cc1. The minimum atomic E-state index is 0.120. The molecule has 0 unspecified atom stereocenters. The van der Waals surface area contributed by atoms with Crippen LogP contribution in [0.25, 0.3) is 0 Å². The Morgan fingerprint density at radius 1 is 1.25 bits per heavy atom. The van der Waals surface area contributed by atoms with Gasteiger partial charge in [0.2, 0.25) is 5.91 Å². The molecule has 2 aromatic rings. The lowest BCUT2D eigenvalue weighted by atomic mass is 9.86. The van der Waals surface area contributed by atoms with E-state index in [9.17, 15) is 4.79 Å². The van der Waals surface area contributed by atoms with Crippen LogP contribution in [0, 0.1) is 5.92 Å². The molecule has 1 fully saturated rings. The zero-order chi connectivity index (χ0) is 16.8. The van der Waals surface area contributed by atoms with Gasteiger partial charge in [-0.1, -0.05) is 32.1 Å². The van der Waals surface area contributed by atoms with E-state index >= 15 is 0 Å². The summed E-state index contributed by atoms with van der Waals surface area (Å²) in [6, 6.07) is 7.88. The summed E-state index contributed by atoms with van der Waals surface area (Å²) >= 11 is 1.55. The van der Waals surface area contributed by atoms with Crippen molar-refractivity contribution in [3.05, 3.63) is 30.6 Å². The molecular formula is C18H24N4OS. The van der Waals surface area contributed by atoms with Gasteiger partial charge in [0.05, 0.1) is 0 Å². The van der Waals surface area contributed by atoms with E-state index < -0.39 is 0 Å². The van der Waals surface area contributed by atoms with Gasteiger partial charge in [-0.2, -0.15) is 0 Å². The van der Waals surface area contributed by atoms with Gasteiger partial charge in [-0.25, -0.2) is 0 Å². The van der Waals surface area contributed by atoms with Crippen LogP contribution in [0.3, 0.4) is 0 Å². The quantitative estimate of drug-likeness (QED) is 0.850. The molecule has 1 aromatic heterocycles. The summed E-state index contributed by atoms with van der Waals surface area (Å²) in [6.45, 7) is 0. The molecule has 1 aromatic carbocycles. The van der Waals surface area contributed by atoms with E-state index in [0.29, 0.717) is 6.42 Å². The second-order valence-electron chi connectivity index (χ2n) is 6.44. The first-order valence-corrected chi connectivity index (χ1v) is 9.44. The second-order valence-corrected chi connectivity index (χ2v) is 7.48. The van der Waals surface area contributed by atoms with Crippen LogP contribution < -0.4 is 5.32 Å². The lowest BCUT2D eigenvalue weighted by molar-refractivity contribution is -0.116. The number of benzene rings is 1. The molecule has 24 heavy (non-hydrogen) atoms. The number of aromatic nitrogens is 3. The molecule has 0 radical (unpaired) electrons. The highest BCUT2D eigenvalue weighted by molar-refractivity contribution is 7.99. The number of rotatable bonds is 6. The normalized spacial score (nSPS) is 15.4. The third kappa shape index (κ3) is 4.84. The van der Waals surface area contributed by atoms with Crippen molar-refractivity contribution in [3.63, 3.8) is 0 Å². The maximum atomic E-state index is 12.1. The summed E-state index contributed by atoms with van der Waals surface area (Å²) in [5, 5.41) is 11.8. The van der Waals surface area contributed by atoms with Crippen LogP contribution in [0.15, 0.2) is 40.6 Å². The second kappa shape index (κ2) is 8.33. The van der Waals surface area contributed by atoms with Crippen molar-refractivity contribution in [1.29, 1.82) is 0 Å². The third-order valence-corrected chi connectivity index (χ3v) is 5.58. The summed E-state index contributed by atoms with van der Waals surface area (Å²) in [5.41, 5.74) is 0.853. The maximum absolute atomic E-state index is 12.1. The van der Waals surface area contributed by atoms with E-state index in [1.165, 1.54) is 32.1 Å². The molecule has 1 heterocycles. The number of aryl methyl sites for hydroxylation is 1. The summed E-state index contributed by atoms with van der Waals surface area (Å²) < 4.78 is 1.88. The van der Waals surface area contributed by atoms with Gasteiger partial charge in [0.1, 0.15) is 6.33 Å². The summed E-state index contributed by atoms with van der Waals surface area (Å²) in [5.74, 6) is 0.865. The van der Waals surface area contributed by atoms with Crippen molar-refractivity contribution >= 4 is 23.4 Å². The highest BCUT2D eigenvalue weighted by Crippen LogP contribution is 2.28. The fraction of sp³-hybridized carbons (Fsp3) is 0.500. The van der Waals surface area contributed by atoms with E-state index in [0.717, 1.165) is 28.1 Å². The number of nitrogens with zero attached hydrogens (tertiary/aromatic N) is 3. The van der Waals surface area contributed by atoms with Crippen molar-refractivity contribution in [2.24, 2.45) is 13.0 Å². The predicted molar refractivity (Wildman–Crippen MR) is 96.0 cm³/mol. The Balaban J connectivity index is 1.46. The summed E-state index contributed by atoms with van der Waals surface area (Å²) in [4.78, 5) is 13.2. The number of hydrogen-bond acceptors (Lipinski definition) is 4. The molecule has 1 aliphatic rings. The zero-order valence-electron chi connectivity index (χ0n) is 14.1. The average Bonchev–Trinajstić information content (AvgIpc) is 3.01. The van der Waals surface area contributed by atoms with Crippen LogP contribution in [0.4, 0.5) is 5.69 Å². The van der Waals surface area contributed by atoms with Crippen LogP contribution >= 0.6 is 11.8 Å². The minimum Gasteiger partial charge on any atom is -0.326 e. The largest absolute Gasteiger partial charge is 0.326 e. The molecule has 0 atom stereocenters. The van der Waals surface area contributed by atoms with Gasteiger partial charge in [0.25, 0.3) is 0 Å². The number of hydrogen-bond donors (Lipinski definition) is 1. The summed E-state index contributed by atoms with van der Waals surface area (Å²) in [7, 11) is 1.92. The monoisotopic (exact) mass is 344 g/mol. The van der Waals surface area contributed by atoms with Gasteiger partial charge in [0, 0.05) is 24.1 Å². The van der Waals surface area contributed by atoms with E-state index in [4.69, 9.17) is 0 Å². The first-order chi connectivity index (χ1) is 11.7. The maximum Gasteiger partial charge on any atom is 0.224 e. The fourth-order valence-corrected chi connectivity index (χ4v) is 3.87. The van der Waals surface area contributed by atoms with Gasteiger partial charge >= 0.3 is 0 Å². The van der Waals surface area contributed by atoms with E-state index in [1.54, 1.807) is 18.1 Å². The molecule has 1 amide bonds. The minimum absolute atomic E-state index is 0.120. The van der Waals surface area contributed by atoms with Crippen LogP contribution in [0.2, 0.25) is 0 Å². The number of carbonyl (C=O) groups is 1. The molecule has 128 valence electrons. The standard InChI is InChI=1S/C18H24N4OS/c1-22-13-19-21-18(22)24-16-10-8-15(9-11-16)20-17(23)12-7-14-5-3-2-4-6-14/h8-11,13-14H,2-7,12H2,1H3,(H,20,23). The molecule has 0 spiro atoms. The average molecular weight is 344 g/mol. The molecule has 3 rings (SSSR count). The predicted octanol–water partition coefficient (Wildman–Crippen LogP) is 4.27. The van der Waals surface area contributed by atoms with Crippen molar-refractivity contribution in [3.8, 4) is 0 Å². The van der Waals surface area contributed by atoms with Crippen molar-refractivity contribution < 1.29 is 4.79 Å². The van der Waals surface area contributed by atoms with Crippen molar-refractivity contribution in [2.45, 2.75) is 55.0 Å². The molecule has 0 bridgehead atoms. The lowest BCUT2D eigenvalue weighted by Gasteiger charge is -2.21. The van der Waals surface area contributed by atoms with Gasteiger partial charge in [-0.15, -0.1) is 10.2 Å². The highest BCUT2D eigenvalue weighted by Gasteiger charge is 2.14. The van der Waals surface area contributed by atoms with Crippen LogP contribution in [0.1, 0.15) is 44.9 Å². The molecule has 1 saturated carbocycles. The Morgan fingerprint density at radius 2 is 2.00 bits per heavy atom. The smallest absolute Gasteiger partial charge is 0.224 e. The van der Waals surface area contributed by atoms with Gasteiger partial charge in [0.15, 0.2) is 5.16 Å². The Labute approximate surface area is 147 Å². The fourth-order valence-electron chi connectivity index (χ4n) is 3.11. The first-order valence-electron chi connectivity index (χ1n) is 8.62. The van der Waals surface area contributed by atoms with E-state index in [1.807, 2.05) is 35.9 Å². The topological polar surface area (TPSA) is 59.8 Å². The number of amides is 1. The van der Waals surface area contributed by atoms with E-state index in [-0.39, 0.29) is 5.91 Å². The molecular weight excluding hydrogens is 320 g/mol. The Hall–Kier alpha value is -1.82. The third-order valence-electron chi connectivity index (χ3n) is 4.52. The molecule has 0 aliphatic heterocycles. The van der Waals surface area contributed by atoms with Crippen LogP contribution in [0.5, 0.6) is 0 Å². The van der Waals surface area contributed by atoms with Gasteiger partial charge < -0.3 is 9.88 Å². The van der Waals surface area contributed by atoms with Gasteiger partial charge in [-0.3, -0.25) is 4.79 Å². The van der Waals surface area contributed by atoms with Crippen LogP contribution in [-0.2, 0) is 11.8 Å². The van der Waals surface area contributed by atoms with Crippen molar-refractivity contribution in [1.82, 2.24) is 14.8 Å². The Bertz CT molecular complexity index is 662.